The molecule has 0 radical (unpaired) electrons. The van der Waals surface area contributed by atoms with E-state index >= 15 is 0 Å². The summed E-state index contributed by atoms with van der Waals surface area (Å²) in [5, 5.41) is 9.68. The van der Waals surface area contributed by atoms with Crippen molar-refractivity contribution >= 4 is 16.9 Å². The van der Waals surface area contributed by atoms with Gasteiger partial charge in [0.2, 0.25) is 0 Å². The van der Waals surface area contributed by atoms with E-state index in [2.05, 4.69) is 0 Å². The highest BCUT2D eigenvalue weighted by molar-refractivity contribution is 5.84. The van der Waals surface area contributed by atoms with Crippen LogP contribution in [0.2, 0.25) is 0 Å². The van der Waals surface area contributed by atoms with Gasteiger partial charge in [0.15, 0.2) is 17.9 Å². The zero-order valence-corrected chi connectivity index (χ0v) is 17.7. The summed E-state index contributed by atoms with van der Waals surface area (Å²) in [4.78, 5) is 10.8. The van der Waals surface area contributed by atoms with Crippen LogP contribution in [0.3, 0.4) is 0 Å². The molecule has 1 heterocycles. The van der Waals surface area contributed by atoms with Crippen LogP contribution in [-0.2, 0) is 26.5 Å². The lowest BCUT2D eigenvalue weighted by Gasteiger charge is -2.33. The topological polar surface area (TPSA) is 78.1 Å². The minimum atomic E-state index is -1.05. The van der Waals surface area contributed by atoms with Crippen LogP contribution >= 0.6 is 0 Å². The number of carboxylic acids is 1. The maximum Gasteiger partial charge on any atom is 0.341 e. The van der Waals surface area contributed by atoms with Crippen LogP contribution in [0.5, 0.6) is 5.75 Å². The lowest BCUT2D eigenvalue weighted by atomic mass is 9.87. The minimum absolute atomic E-state index is 0.220. The first kappa shape index (κ1) is 21.6. The number of rotatable bonds is 10. The Hall–Kier alpha value is -3.61. The van der Waals surface area contributed by atoms with Crippen molar-refractivity contribution in [3.8, 4) is 5.75 Å². The highest BCUT2D eigenvalue weighted by Gasteiger charge is 2.34. The van der Waals surface area contributed by atoms with Crippen molar-refractivity contribution in [1.29, 1.82) is 0 Å². The third-order valence-electron chi connectivity index (χ3n) is 5.29. The first-order valence-electron chi connectivity index (χ1n) is 10.2. The highest BCUT2D eigenvalue weighted by atomic mass is 16.5. The number of furan rings is 1. The molecule has 0 aliphatic heterocycles. The standard InChI is InChI=1S/C26H24O6/c1-29-26(20-10-4-2-5-11-20,21-12-6-3-7-13-21)18-30-16-22-15-19-9-8-14-23(25(19)32-22)31-17-24(27)28/h2-15H,16-18H2,1H3,(H,27,28). The largest absolute Gasteiger partial charge is 0.479 e. The van der Waals surface area contributed by atoms with Gasteiger partial charge in [0.25, 0.3) is 0 Å². The number of carbonyl (C=O) groups is 1. The van der Waals surface area contributed by atoms with E-state index in [0.717, 1.165) is 16.5 Å². The van der Waals surface area contributed by atoms with Gasteiger partial charge < -0.3 is 23.7 Å². The van der Waals surface area contributed by atoms with Gasteiger partial charge >= 0.3 is 5.97 Å². The van der Waals surface area contributed by atoms with Crippen LogP contribution in [-0.4, -0.2) is 31.4 Å². The van der Waals surface area contributed by atoms with Crippen molar-refractivity contribution in [2.24, 2.45) is 0 Å². The minimum Gasteiger partial charge on any atom is -0.479 e. The van der Waals surface area contributed by atoms with Crippen LogP contribution in [0.4, 0.5) is 0 Å². The predicted molar refractivity (Wildman–Crippen MR) is 120 cm³/mol. The van der Waals surface area contributed by atoms with E-state index < -0.39 is 18.2 Å². The number of benzene rings is 3. The maximum atomic E-state index is 10.8. The second-order valence-electron chi connectivity index (χ2n) is 7.33. The molecule has 0 amide bonds. The summed E-state index contributed by atoms with van der Waals surface area (Å²) in [5.74, 6) is -0.0525. The Kier molecular flexibility index (Phi) is 6.54. The molecule has 0 spiro atoms. The number of fused-ring (bicyclic) bond motifs is 1. The van der Waals surface area contributed by atoms with Gasteiger partial charge in [-0.25, -0.2) is 4.79 Å². The molecule has 4 aromatic rings. The molecule has 0 fully saturated rings. The Balaban J connectivity index is 1.55. The van der Waals surface area contributed by atoms with Gasteiger partial charge in [0.1, 0.15) is 18.0 Å². The summed E-state index contributed by atoms with van der Waals surface area (Å²) in [7, 11) is 1.68. The fourth-order valence-electron chi connectivity index (χ4n) is 3.75. The van der Waals surface area contributed by atoms with Gasteiger partial charge in [-0.05, 0) is 23.3 Å². The normalized spacial score (nSPS) is 11.5. The average Bonchev–Trinajstić information content (AvgIpc) is 3.25. The number of aliphatic carboxylic acids is 1. The molecule has 32 heavy (non-hydrogen) atoms. The third kappa shape index (κ3) is 4.51. The maximum absolute atomic E-state index is 10.8. The smallest absolute Gasteiger partial charge is 0.341 e. The van der Waals surface area contributed by atoms with Gasteiger partial charge in [0, 0.05) is 12.5 Å². The van der Waals surface area contributed by atoms with Gasteiger partial charge in [-0.15, -0.1) is 0 Å². The molecule has 4 rings (SSSR count). The third-order valence-corrected chi connectivity index (χ3v) is 5.29. The summed E-state index contributed by atoms with van der Waals surface area (Å²) in [5.41, 5.74) is 1.70. The fraction of sp³-hybridized carbons (Fsp3) is 0.192. The van der Waals surface area contributed by atoms with E-state index in [9.17, 15) is 4.79 Å². The second-order valence-corrected chi connectivity index (χ2v) is 7.33. The van der Waals surface area contributed by atoms with E-state index in [0.29, 0.717) is 17.1 Å². The molecule has 0 unspecified atom stereocenters. The number of hydrogen-bond donors (Lipinski definition) is 1. The number of carboxylic acid groups (broad SMARTS) is 1. The van der Waals surface area contributed by atoms with Crippen LogP contribution < -0.4 is 4.74 Å². The van der Waals surface area contributed by atoms with E-state index in [4.69, 9.17) is 23.7 Å². The molecule has 3 aromatic carbocycles. The van der Waals surface area contributed by atoms with Crippen LogP contribution in [0.15, 0.2) is 89.3 Å². The number of methoxy groups -OCH3 is 1. The fourth-order valence-corrected chi connectivity index (χ4v) is 3.75. The zero-order chi connectivity index (χ0) is 22.4. The van der Waals surface area contributed by atoms with Crippen LogP contribution in [0.25, 0.3) is 11.0 Å². The van der Waals surface area contributed by atoms with Crippen LogP contribution in [0, 0.1) is 0 Å². The number of hydrogen-bond acceptors (Lipinski definition) is 5. The van der Waals surface area contributed by atoms with E-state index in [1.165, 1.54) is 0 Å². The Morgan fingerprint density at radius 2 is 1.59 bits per heavy atom. The Morgan fingerprint density at radius 3 is 2.19 bits per heavy atom. The molecule has 0 bridgehead atoms. The lowest BCUT2D eigenvalue weighted by molar-refractivity contribution is -0.139. The van der Waals surface area contributed by atoms with Crippen molar-refractivity contribution in [3.05, 3.63) is 102 Å². The van der Waals surface area contributed by atoms with Gasteiger partial charge in [-0.3, -0.25) is 0 Å². The van der Waals surface area contributed by atoms with Gasteiger partial charge in [0.05, 0.1) is 6.61 Å². The number of ether oxygens (including phenoxy) is 3. The predicted octanol–water partition coefficient (Wildman–Crippen LogP) is 5.00. The Morgan fingerprint density at radius 1 is 0.938 bits per heavy atom. The van der Waals surface area contributed by atoms with Gasteiger partial charge in [-0.1, -0.05) is 72.8 Å². The monoisotopic (exact) mass is 432 g/mol. The Labute approximate surface area is 186 Å². The summed E-state index contributed by atoms with van der Waals surface area (Å²) >= 11 is 0. The SMILES string of the molecule is COC(COCc1cc2cccc(OCC(=O)O)c2o1)(c1ccccc1)c1ccccc1. The van der Waals surface area contributed by atoms with E-state index in [-0.39, 0.29) is 13.2 Å². The van der Waals surface area contributed by atoms with Crippen LogP contribution in [0.1, 0.15) is 16.9 Å². The molecule has 164 valence electrons. The molecule has 1 N–H and O–H groups in total. The summed E-state index contributed by atoms with van der Waals surface area (Å²) in [6.07, 6.45) is 0. The van der Waals surface area contributed by atoms with E-state index in [1.54, 1.807) is 19.2 Å². The molecule has 1 aromatic heterocycles. The second kappa shape index (κ2) is 9.68. The zero-order valence-electron chi connectivity index (χ0n) is 17.7. The summed E-state index contributed by atoms with van der Waals surface area (Å²) < 4.78 is 23.4. The Bertz CT molecular complexity index is 1130. The van der Waals surface area contributed by atoms with Crippen molar-refractivity contribution < 1.29 is 28.5 Å². The van der Waals surface area contributed by atoms with Crippen molar-refractivity contribution in [3.63, 3.8) is 0 Å². The molecule has 6 nitrogen and oxygen atoms in total. The first-order chi connectivity index (χ1) is 15.6. The highest BCUT2D eigenvalue weighted by Crippen LogP contribution is 2.34. The van der Waals surface area contributed by atoms with E-state index in [1.807, 2.05) is 72.8 Å². The first-order valence-corrected chi connectivity index (χ1v) is 10.2. The molecule has 0 aliphatic carbocycles. The lowest BCUT2D eigenvalue weighted by Crippen LogP contribution is -2.35. The number of para-hydroxylation sites is 1. The summed E-state index contributed by atoms with van der Waals surface area (Å²) in [6.45, 7) is 0.0604. The summed E-state index contributed by atoms with van der Waals surface area (Å²) in [6, 6.07) is 27.1. The quantitative estimate of drug-likeness (QED) is 0.380. The molecule has 0 atom stereocenters. The van der Waals surface area contributed by atoms with Crippen molar-refractivity contribution in [1.82, 2.24) is 0 Å². The molecule has 0 saturated heterocycles. The average molecular weight is 432 g/mol. The molecule has 6 heteroatoms. The van der Waals surface area contributed by atoms with Crippen molar-refractivity contribution in [2.45, 2.75) is 12.2 Å². The molecular formula is C26H24O6. The molecule has 0 aliphatic rings. The molecular weight excluding hydrogens is 408 g/mol. The van der Waals surface area contributed by atoms with Gasteiger partial charge in [-0.2, -0.15) is 0 Å². The molecule has 0 saturated carbocycles. The van der Waals surface area contributed by atoms with Crippen molar-refractivity contribution in [2.75, 3.05) is 20.3 Å².